The van der Waals surface area contributed by atoms with Crippen LogP contribution in [0.5, 0.6) is 11.5 Å². The lowest BCUT2D eigenvalue weighted by Gasteiger charge is -2.21. The number of rotatable bonds is 4. The molecule has 0 radical (unpaired) electrons. The zero-order chi connectivity index (χ0) is 14.9. The third-order valence-electron chi connectivity index (χ3n) is 4.09. The standard InChI is InChI=1S/C14H20N2O4S.ClH/c15-9-10-2-1-3-12(10)16-21(17,18)11-4-5-13-14(8-11)20-7-6-19-13;/h4-5,8,10,12,16H,1-3,6-7,9,15H2;1H. The molecule has 2 aliphatic rings. The van der Waals surface area contributed by atoms with Crippen molar-refractivity contribution in [3.8, 4) is 11.5 Å². The number of benzene rings is 1. The minimum absolute atomic E-state index is 0. The van der Waals surface area contributed by atoms with E-state index in [-0.39, 0.29) is 29.3 Å². The molecule has 1 fully saturated rings. The number of ether oxygens (including phenoxy) is 2. The minimum Gasteiger partial charge on any atom is -0.486 e. The van der Waals surface area contributed by atoms with Crippen molar-refractivity contribution in [2.45, 2.75) is 30.2 Å². The third-order valence-corrected chi connectivity index (χ3v) is 5.58. The summed E-state index contributed by atoms with van der Waals surface area (Å²) in [7, 11) is -3.56. The quantitative estimate of drug-likeness (QED) is 0.855. The van der Waals surface area contributed by atoms with Gasteiger partial charge in [0.05, 0.1) is 4.90 Å². The normalized spacial score (nSPS) is 23.9. The Morgan fingerprint density at radius 1 is 1.18 bits per heavy atom. The monoisotopic (exact) mass is 348 g/mol. The summed E-state index contributed by atoms with van der Waals surface area (Å²) >= 11 is 0. The van der Waals surface area contributed by atoms with Crippen molar-refractivity contribution in [2.24, 2.45) is 11.7 Å². The predicted molar refractivity (Wildman–Crippen MR) is 85.2 cm³/mol. The summed E-state index contributed by atoms with van der Waals surface area (Å²) in [5, 5.41) is 0. The van der Waals surface area contributed by atoms with E-state index in [1.807, 2.05) is 0 Å². The van der Waals surface area contributed by atoms with Crippen LogP contribution in [0.2, 0.25) is 0 Å². The van der Waals surface area contributed by atoms with Gasteiger partial charge in [0.15, 0.2) is 11.5 Å². The van der Waals surface area contributed by atoms with Gasteiger partial charge in [0.1, 0.15) is 13.2 Å². The molecule has 1 heterocycles. The van der Waals surface area contributed by atoms with Crippen molar-refractivity contribution < 1.29 is 17.9 Å². The number of sulfonamides is 1. The van der Waals surface area contributed by atoms with E-state index in [0.717, 1.165) is 19.3 Å². The number of hydrogen-bond acceptors (Lipinski definition) is 5. The molecule has 6 nitrogen and oxygen atoms in total. The van der Waals surface area contributed by atoms with Crippen LogP contribution in [0, 0.1) is 5.92 Å². The Bertz CT molecular complexity index is 623. The summed E-state index contributed by atoms with van der Waals surface area (Å²) in [4.78, 5) is 0.203. The van der Waals surface area contributed by atoms with Crippen molar-refractivity contribution in [1.82, 2.24) is 4.72 Å². The van der Waals surface area contributed by atoms with Gasteiger partial charge in [-0.25, -0.2) is 13.1 Å². The Labute approximate surface area is 136 Å². The molecule has 3 rings (SSSR count). The van der Waals surface area contributed by atoms with E-state index in [1.165, 1.54) is 6.07 Å². The highest BCUT2D eigenvalue weighted by Crippen LogP contribution is 2.33. The molecule has 22 heavy (non-hydrogen) atoms. The van der Waals surface area contributed by atoms with E-state index in [4.69, 9.17) is 15.2 Å². The second-order valence-electron chi connectivity index (χ2n) is 5.46. The van der Waals surface area contributed by atoms with Crippen LogP contribution in [0.25, 0.3) is 0 Å². The molecule has 2 unspecified atom stereocenters. The maximum absolute atomic E-state index is 12.5. The van der Waals surface area contributed by atoms with Crippen LogP contribution in [-0.4, -0.2) is 34.2 Å². The lowest BCUT2D eigenvalue weighted by Crippen LogP contribution is -2.39. The zero-order valence-corrected chi connectivity index (χ0v) is 13.8. The first-order chi connectivity index (χ1) is 10.1. The van der Waals surface area contributed by atoms with Crippen LogP contribution in [0.4, 0.5) is 0 Å². The van der Waals surface area contributed by atoms with Crippen LogP contribution in [0.15, 0.2) is 23.1 Å². The van der Waals surface area contributed by atoms with Crippen LogP contribution in [-0.2, 0) is 10.0 Å². The molecule has 0 spiro atoms. The summed E-state index contributed by atoms with van der Waals surface area (Å²) in [6.07, 6.45) is 2.83. The van der Waals surface area contributed by atoms with Gasteiger partial charge in [-0.05, 0) is 37.4 Å². The Kier molecular flexibility index (Phi) is 5.55. The molecule has 2 atom stereocenters. The second-order valence-corrected chi connectivity index (χ2v) is 7.17. The molecule has 3 N–H and O–H groups in total. The summed E-state index contributed by atoms with van der Waals surface area (Å²) < 4.78 is 38.6. The second kappa shape index (κ2) is 7.04. The smallest absolute Gasteiger partial charge is 0.240 e. The van der Waals surface area contributed by atoms with E-state index in [2.05, 4.69) is 4.72 Å². The number of nitrogens with one attached hydrogen (secondary N) is 1. The predicted octanol–water partition coefficient (Wildman–Crippen LogP) is 1.29. The summed E-state index contributed by atoms with van der Waals surface area (Å²) in [5.74, 6) is 1.28. The average Bonchev–Trinajstić information content (AvgIpc) is 2.93. The molecule has 0 amide bonds. The van der Waals surface area contributed by atoms with Crippen molar-refractivity contribution in [3.63, 3.8) is 0 Å². The lowest BCUT2D eigenvalue weighted by molar-refractivity contribution is 0.171. The van der Waals surface area contributed by atoms with Gasteiger partial charge in [0, 0.05) is 12.1 Å². The number of hydrogen-bond donors (Lipinski definition) is 2. The molecule has 124 valence electrons. The molecule has 1 aliphatic carbocycles. The molecular weight excluding hydrogens is 328 g/mol. The van der Waals surface area contributed by atoms with Gasteiger partial charge in [0.2, 0.25) is 10.0 Å². The van der Waals surface area contributed by atoms with Crippen LogP contribution >= 0.6 is 12.4 Å². The summed E-state index contributed by atoms with van der Waals surface area (Å²) in [6.45, 7) is 1.42. The van der Waals surface area contributed by atoms with E-state index in [1.54, 1.807) is 12.1 Å². The van der Waals surface area contributed by atoms with Gasteiger partial charge >= 0.3 is 0 Å². The Balaban J connectivity index is 0.00000176. The Morgan fingerprint density at radius 2 is 1.91 bits per heavy atom. The van der Waals surface area contributed by atoms with E-state index < -0.39 is 10.0 Å². The first-order valence-corrected chi connectivity index (χ1v) is 8.70. The van der Waals surface area contributed by atoms with Crippen molar-refractivity contribution in [3.05, 3.63) is 18.2 Å². The van der Waals surface area contributed by atoms with Crippen molar-refractivity contribution in [2.75, 3.05) is 19.8 Å². The molecule has 1 aliphatic heterocycles. The Morgan fingerprint density at radius 3 is 2.64 bits per heavy atom. The van der Waals surface area contributed by atoms with E-state index in [9.17, 15) is 8.42 Å². The maximum atomic E-state index is 12.5. The van der Waals surface area contributed by atoms with Gasteiger partial charge in [-0.1, -0.05) is 6.42 Å². The first-order valence-electron chi connectivity index (χ1n) is 7.22. The minimum atomic E-state index is -3.56. The molecule has 8 heteroatoms. The number of nitrogens with two attached hydrogens (primary N) is 1. The number of fused-ring (bicyclic) bond motifs is 1. The van der Waals surface area contributed by atoms with Gasteiger partial charge in [0.25, 0.3) is 0 Å². The van der Waals surface area contributed by atoms with E-state index >= 15 is 0 Å². The Hall–Kier alpha value is -1.02. The lowest BCUT2D eigenvalue weighted by atomic mass is 10.1. The molecule has 1 saturated carbocycles. The molecule has 0 bridgehead atoms. The van der Waals surface area contributed by atoms with Crippen LogP contribution < -0.4 is 19.9 Å². The molecular formula is C14H21ClN2O4S. The fourth-order valence-electron chi connectivity index (χ4n) is 2.93. The van der Waals surface area contributed by atoms with Crippen molar-refractivity contribution >= 4 is 22.4 Å². The topological polar surface area (TPSA) is 90.7 Å². The summed E-state index contributed by atoms with van der Waals surface area (Å²) in [5.41, 5.74) is 5.70. The average molecular weight is 349 g/mol. The molecule has 0 aromatic heterocycles. The van der Waals surface area contributed by atoms with Gasteiger partial charge < -0.3 is 15.2 Å². The van der Waals surface area contributed by atoms with Crippen LogP contribution in [0.3, 0.4) is 0 Å². The molecule has 1 aromatic carbocycles. The maximum Gasteiger partial charge on any atom is 0.240 e. The fourth-order valence-corrected chi connectivity index (χ4v) is 4.29. The van der Waals surface area contributed by atoms with Crippen LogP contribution in [0.1, 0.15) is 19.3 Å². The van der Waals surface area contributed by atoms with Gasteiger partial charge in [-0.2, -0.15) is 0 Å². The largest absolute Gasteiger partial charge is 0.486 e. The first kappa shape index (κ1) is 17.3. The molecule has 0 saturated heterocycles. The highest BCUT2D eigenvalue weighted by atomic mass is 35.5. The SMILES string of the molecule is Cl.NCC1CCCC1NS(=O)(=O)c1ccc2c(c1)OCCO2. The highest BCUT2D eigenvalue weighted by molar-refractivity contribution is 7.89. The zero-order valence-electron chi connectivity index (χ0n) is 12.2. The third kappa shape index (κ3) is 3.48. The van der Waals surface area contributed by atoms with Gasteiger partial charge in [-0.3, -0.25) is 0 Å². The number of halogens is 1. The molecule has 1 aromatic rings. The van der Waals surface area contributed by atoms with Gasteiger partial charge in [-0.15, -0.1) is 12.4 Å². The summed E-state index contributed by atoms with van der Waals surface area (Å²) in [6, 6.07) is 4.62. The van der Waals surface area contributed by atoms with E-state index in [0.29, 0.717) is 31.3 Å². The highest BCUT2D eigenvalue weighted by Gasteiger charge is 2.30. The fraction of sp³-hybridized carbons (Fsp3) is 0.571. The van der Waals surface area contributed by atoms with Crippen molar-refractivity contribution in [1.29, 1.82) is 0 Å².